The van der Waals surface area contributed by atoms with Gasteiger partial charge in [0.15, 0.2) is 18.2 Å². The summed E-state index contributed by atoms with van der Waals surface area (Å²) < 4.78 is 28.2. The smallest absolute Gasteiger partial charge is 0.195 e. The van der Waals surface area contributed by atoms with Gasteiger partial charge in [0.2, 0.25) is 0 Å². The van der Waals surface area contributed by atoms with E-state index in [1.54, 1.807) is 6.92 Å². The molecule has 0 saturated heterocycles. The van der Waals surface area contributed by atoms with E-state index in [0.717, 1.165) is 0 Å². The van der Waals surface area contributed by atoms with E-state index >= 15 is 4.39 Å². The molecule has 0 heterocycles. The summed E-state index contributed by atoms with van der Waals surface area (Å²) in [7, 11) is 0. The predicted molar refractivity (Wildman–Crippen MR) is 93.3 cm³/mol. The van der Waals surface area contributed by atoms with Crippen molar-refractivity contribution < 1.29 is 28.3 Å². The molecule has 1 unspecified atom stereocenters. The average molecular weight is 380 g/mol. The Labute approximate surface area is 157 Å². The molecule has 4 aliphatic rings. The van der Waals surface area contributed by atoms with Crippen LogP contribution in [0.1, 0.15) is 52.4 Å². The van der Waals surface area contributed by atoms with Gasteiger partial charge in [0, 0.05) is 29.6 Å². The highest BCUT2D eigenvalue weighted by molar-refractivity contribution is 5.94. The van der Waals surface area contributed by atoms with E-state index in [4.69, 9.17) is 0 Å². The van der Waals surface area contributed by atoms with Crippen LogP contribution in [0.4, 0.5) is 8.78 Å². The number of hydrogen-bond donors (Lipinski definition) is 1. The molecule has 0 aliphatic heterocycles. The third-order valence-corrected chi connectivity index (χ3v) is 8.37. The zero-order valence-electron chi connectivity index (χ0n) is 15.8. The number of allylic oxidation sites excluding steroid dienone is 1. The number of rotatable bonds is 2. The summed E-state index contributed by atoms with van der Waals surface area (Å²) in [5.74, 6) is -2.00. The average Bonchev–Trinajstić information content (AvgIpc) is 2.87. The molecule has 3 fully saturated rings. The van der Waals surface area contributed by atoms with Gasteiger partial charge in [-0.25, -0.2) is 8.78 Å². The maximum absolute atomic E-state index is 15.1. The van der Waals surface area contributed by atoms with Crippen LogP contribution in [0, 0.1) is 28.6 Å². The summed E-state index contributed by atoms with van der Waals surface area (Å²) in [5.41, 5.74) is -3.18. The molecule has 0 aromatic carbocycles. The van der Waals surface area contributed by atoms with E-state index in [2.05, 4.69) is 0 Å². The van der Waals surface area contributed by atoms with Crippen LogP contribution in [0.2, 0.25) is 0 Å². The van der Waals surface area contributed by atoms with Crippen LogP contribution in [0.3, 0.4) is 0 Å². The van der Waals surface area contributed by atoms with Gasteiger partial charge in [-0.15, -0.1) is 0 Å². The molecular formula is C21H26F2O4. The van der Waals surface area contributed by atoms with Crippen molar-refractivity contribution >= 4 is 17.3 Å². The van der Waals surface area contributed by atoms with E-state index in [1.165, 1.54) is 6.08 Å². The first-order valence-corrected chi connectivity index (χ1v) is 9.82. The second-order valence-electron chi connectivity index (χ2n) is 9.45. The quantitative estimate of drug-likeness (QED) is 0.800. The molecular weight excluding hydrogens is 354 g/mol. The van der Waals surface area contributed by atoms with Crippen molar-refractivity contribution in [2.75, 3.05) is 6.67 Å². The zero-order valence-corrected chi connectivity index (χ0v) is 15.8. The first-order chi connectivity index (χ1) is 12.6. The molecule has 4 aliphatic carbocycles. The van der Waals surface area contributed by atoms with E-state index in [1.807, 2.05) is 6.92 Å². The number of aliphatic hydroxyl groups is 1. The number of carbonyl (C=O) groups excluding carboxylic acids is 3. The molecule has 1 N–H and O–H groups in total. The van der Waals surface area contributed by atoms with E-state index in [-0.39, 0.29) is 42.7 Å². The molecule has 0 spiro atoms. The van der Waals surface area contributed by atoms with Crippen molar-refractivity contribution in [3.05, 3.63) is 11.6 Å². The Balaban J connectivity index is 1.78. The Hall–Kier alpha value is -1.43. The minimum absolute atomic E-state index is 0.00512. The van der Waals surface area contributed by atoms with E-state index in [0.29, 0.717) is 24.8 Å². The summed E-state index contributed by atoms with van der Waals surface area (Å²) in [4.78, 5) is 37.3. The molecule has 0 bridgehead atoms. The SMILES string of the molecule is C[C@]12CCC(=O)C=C1C(F)C[C@@H]1[C@@H]2C(=O)C[C@@]2(C)[C@H]1CC[C@]2(O)C(=O)CF. The molecule has 27 heavy (non-hydrogen) atoms. The van der Waals surface area contributed by atoms with Crippen LogP contribution in [-0.2, 0) is 14.4 Å². The van der Waals surface area contributed by atoms with Crippen LogP contribution in [0.25, 0.3) is 0 Å². The Bertz CT molecular complexity index is 761. The van der Waals surface area contributed by atoms with Crippen molar-refractivity contribution in [2.24, 2.45) is 28.6 Å². The number of alkyl halides is 2. The fourth-order valence-corrected chi connectivity index (χ4v) is 6.97. The summed E-state index contributed by atoms with van der Waals surface area (Å²) in [5, 5.41) is 11.0. The summed E-state index contributed by atoms with van der Waals surface area (Å²) in [6.45, 7) is 2.31. The molecule has 6 heteroatoms. The number of hydrogen-bond acceptors (Lipinski definition) is 4. The van der Waals surface area contributed by atoms with Crippen molar-refractivity contribution in [2.45, 2.75) is 64.1 Å². The highest BCUT2D eigenvalue weighted by Gasteiger charge is 2.69. The highest BCUT2D eigenvalue weighted by Crippen LogP contribution is 2.66. The summed E-state index contributed by atoms with van der Waals surface area (Å²) in [6.07, 6.45) is 1.54. The highest BCUT2D eigenvalue weighted by atomic mass is 19.1. The summed E-state index contributed by atoms with van der Waals surface area (Å²) in [6, 6.07) is 0. The van der Waals surface area contributed by atoms with Crippen LogP contribution in [0.15, 0.2) is 11.6 Å². The second kappa shape index (κ2) is 5.79. The molecule has 0 aromatic rings. The standard InChI is InChI=1S/C21H26F2O4/c1-19-5-3-11(24)7-14(19)15(23)8-12-13-4-6-21(27,17(26)10-22)20(13,2)9-16(25)18(12)19/h7,12-13,15,18,27H,3-6,8-10H2,1-2H3/t12-,13-,15?,18+,19-,20-,21-/m0/s1. The van der Waals surface area contributed by atoms with Crippen molar-refractivity contribution in [1.82, 2.24) is 0 Å². The van der Waals surface area contributed by atoms with Gasteiger partial charge >= 0.3 is 0 Å². The molecule has 0 amide bonds. The number of fused-ring (bicyclic) bond motifs is 5. The Morgan fingerprint density at radius 2 is 2.00 bits per heavy atom. The minimum Gasteiger partial charge on any atom is -0.381 e. The molecule has 4 nitrogen and oxygen atoms in total. The van der Waals surface area contributed by atoms with Crippen molar-refractivity contribution in [3.63, 3.8) is 0 Å². The normalized spacial score (nSPS) is 49.1. The first kappa shape index (κ1) is 18.9. The molecule has 3 saturated carbocycles. The van der Waals surface area contributed by atoms with Gasteiger partial charge in [-0.05, 0) is 49.2 Å². The third kappa shape index (κ3) is 2.25. The maximum Gasteiger partial charge on any atom is 0.195 e. The van der Waals surface area contributed by atoms with Crippen molar-refractivity contribution in [3.8, 4) is 0 Å². The van der Waals surface area contributed by atoms with E-state index in [9.17, 15) is 23.9 Å². The molecule has 4 rings (SSSR count). The predicted octanol–water partition coefficient (Wildman–Crippen LogP) is 2.92. The lowest BCUT2D eigenvalue weighted by atomic mass is 9.45. The Morgan fingerprint density at radius 1 is 1.30 bits per heavy atom. The molecule has 7 atom stereocenters. The monoisotopic (exact) mass is 380 g/mol. The first-order valence-electron chi connectivity index (χ1n) is 9.82. The van der Waals surface area contributed by atoms with Gasteiger partial charge in [-0.3, -0.25) is 14.4 Å². The van der Waals surface area contributed by atoms with Crippen LogP contribution < -0.4 is 0 Å². The number of halogens is 2. The topological polar surface area (TPSA) is 71.4 Å². The van der Waals surface area contributed by atoms with Gasteiger partial charge in [0.1, 0.15) is 17.6 Å². The molecule has 0 radical (unpaired) electrons. The maximum atomic E-state index is 15.1. The number of carbonyl (C=O) groups is 3. The second-order valence-corrected chi connectivity index (χ2v) is 9.45. The summed E-state index contributed by atoms with van der Waals surface area (Å²) >= 11 is 0. The molecule has 0 aromatic heterocycles. The fraction of sp³-hybridized carbons (Fsp3) is 0.762. The van der Waals surface area contributed by atoms with Crippen LogP contribution in [0.5, 0.6) is 0 Å². The third-order valence-electron chi connectivity index (χ3n) is 8.37. The lowest BCUT2D eigenvalue weighted by Crippen LogP contribution is -2.61. The van der Waals surface area contributed by atoms with Gasteiger partial charge in [0.25, 0.3) is 0 Å². The number of ketones is 3. The van der Waals surface area contributed by atoms with Gasteiger partial charge in [0.05, 0.1) is 0 Å². The van der Waals surface area contributed by atoms with Gasteiger partial charge in [-0.1, -0.05) is 13.8 Å². The Morgan fingerprint density at radius 3 is 2.67 bits per heavy atom. The number of Topliss-reactive ketones (excluding diaryl/α,β-unsaturated/α-hetero) is 2. The fourth-order valence-electron chi connectivity index (χ4n) is 6.97. The van der Waals surface area contributed by atoms with Crippen LogP contribution >= 0.6 is 0 Å². The minimum atomic E-state index is -1.86. The van der Waals surface area contributed by atoms with Gasteiger partial charge in [-0.2, -0.15) is 0 Å². The lowest BCUT2D eigenvalue weighted by molar-refractivity contribution is -0.170. The molecule has 148 valence electrons. The Kier molecular flexibility index (Phi) is 4.05. The zero-order chi connectivity index (χ0) is 19.8. The van der Waals surface area contributed by atoms with Gasteiger partial charge < -0.3 is 5.11 Å². The van der Waals surface area contributed by atoms with Crippen molar-refractivity contribution in [1.29, 1.82) is 0 Å². The largest absolute Gasteiger partial charge is 0.381 e. The van der Waals surface area contributed by atoms with Crippen LogP contribution in [-0.4, -0.2) is 40.9 Å². The lowest BCUT2D eigenvalue weighted by Gasteiger charge is -2.58. The van der Waals surface area contributed by atoms with E-state index < -0.39 is 41.0 Å².